The molecule has 0 unspecified atom stereocenters. The van der Waals surface area contributed by atoms with Gasteiger partial charge in [0.05, 0.1) is 25.9 Å². The first-order valence-corrected chi connectivity index (χ1v) is 9.83. The number of methoxy groups -OCH3 is 2. The summed E-state index contributed by atoms with van der Waals surface area (Å²) in [7, 11) is 4.80. The number of fused-ring (bicyclic) bond motifs is 3. The van der Waals surface area contributed by atoms with E-state index in [2.05, 4.69) is 6.58 Å². The smallest absolute Gasteiger partial charge is 0.333 e. The molecule has 0 N–H and O–H groups in total. The summed E-state index contributed by atoms with van der Waals surface area (Å²) in [6.07, 6.45) is 1.57. The fourth-order valence-electron chi connectivity index (χ4n) is 3.94. The molecule has 0 saturated carbocycles. The fraction of sp³-hybridized carbons (Fsp3) is 0.318. The number of imidazole rings is 2. The van der Waals surface area contributed by atoms with Crippen LogP contribution in [0, 0.1) is 13.8 Å². The highest BCUT2D eigenvalue weighted by Gasteiger charge is 2.25. The van der Waals surface area contributed by atoms with Gasteiger partial charge >= 0.3 is 5.69 Å². The zero-order valence-corrected chi connectivity index (χ0v) is 18.5. The molecule has 9 heteroatoms. The van der Waals surface area contributed by atoms with Crippen LogP contribution in [0.15, 0.2) is 40.4 Å². The Bertz CT molecular complexity index is 1470. The molecule has 0 aliphatic carbocycles. The number of aryl methyl sites for hydroxylation is 2. The lowest BCUT2D eigenvalue weighted by molar-refractivity contribution is 0.401. The van der Waals surface area contributed by atoms with E-state index in [1.54, 1.807) is 38.7 Å². The maximum Gasteiger partial charge on any atom is 0.333 e. The normalized spacial score (nSPS) is 12.5. The van der Waals surface area contributed by atoms with Gasteiger partial charge in [0.2, 0.25) is 5.78 Å². The van der Waals surface area contributed by atoms with E-state index in [9.17, 15) is 9.59 Å². The summed E-state index contributed by atoms with van der Waals surface area (Å²) in [5.41, 5.74) is 2.24. The van der Waals surface area contributed by atoms with Crippen molar-refractivity contribution in [1.29, 1.82) is 0 Å². The molecular weight excluding hydrogens is 398 g/mol. The van der Waals surface area contributed by atoms with Gasteiger partial charge in [-0.1, -0.05) is 6.08 Å². The third-order valence-electron chi connectivity index (χ3n) is 5.84. The van der Waals surface area contributed by atoms with Crippen LogP contribution in [-0.4, -0.2) is 37.3 Å². The van der Waals surface area contributed by atoms with E-state index in [0.29, 0.717) is 28.4 Å². The molecule has 0 bridgehead atoms. The molecule has 0 aliphatic heterocycles. The number of allylic oxidation sites excluding steroid dienone is 1. The first-order chi connectivity index (χ1) is 14.8. The van der Waals surface area contributed by atoms with Crippen molar-refractivity contribution in [2.24, 2.45) is 7.05 Å². The van der Waals surface area contributed by atoms with Crippen molar-refractivity contribution in [1.82, 2.24) is 23.1 Å². The van der Waals surface area contributed by atoms with E-state index < -0.39 is 17.3 Å². The van der Waals surface area contributed by atoms with Crippen LogP contribution >= 0.6 is 0 Å². The van der Waals surface area contributed by atoms with Crippen LogP contribution in [0.5, 0.6) is 11.5 Å². The summed E-state index contributed by atoms with van der Waals surface area (Å²) >= 11 is 0. The lowest BCUT2D eigenvalue weighted by Crippen LogP contribution is -2.40. The highest BCUT2D eigenvalue weighted by atomic mass is 16.5. The second-order valence-electron chi connectivity index (χ2n) is 7.46. The molecule has 9 nitrogen and oxygen atoms in total. The monoisotopic (exact) mass is 423 g/mol. The molecule has 31 heavy (non-hydrogen) atoms. The van der Waals surface area contributed by atoms with Crippen molar-refractivity contribution in [2.45, 2.75) is 26.8 Å². The van der Waals surface area contributed by atoms with Crippen molar-refractivity contribution < 1.29 is 9.47 Å². The Morgan fingerprint density at radius 1 is 1.13 bits per heavy atom. The number of benzene rings is 1. The number of aromatic nitrogens is 5. The van der Waals surface area contributed by atoms with E-state index in [4.69, 9.17) is 14.5 Å². The van der Waals surface area contributed by atoms with Gasteiger partial charge < -0.3 is 9.47 Å². The minimum absolute atomic E-state index is 0.316. The molecule has 0 amide bonds. The second-order valence-corrected chi connectivity index (χ2v) is 7.46. The zero-order chi connectivity index (χ0) is 22.6. The van der Waals surface area contributed by atoms with E-state index in [1.807, 2.05) is 36.6 Å². The first kappa shape index (κ1) is 20.5. The predicted octanol–water partition coefficient (Wildman–Crippen LogP) is 2.52. The largest absolute Gasteiger partial charge is 0.497 e. The second kappa shape index (κ2) is 7.19. The molecule has 1 aromatic carbocycles. The molecule has 3 aromatic heterocycles. The number of hydrogen-bond acceptors (Lipinski definition) is 5. The maximum absolute atomic E-state index is 13.4. The molecule has 4 rings (SSSR count). The van der Waals surface area contributed by atoms with Crippen LogP contribution in [0.4, 0.5) is 0 Å². The molecule has 4 aromatic rings. The number of hydrogen-bond donors (Lipinski definition) is 0. The van der Waals surface area contributed by atoms with Crippen molar-refractivity contribution in [3.8, 4) is 17.2 Å². The van der Waals surface area contributed by atoms with Crippen molar-refractivity contribution in [2.75, 3.05) is 14.2 Å². The molecule has 0 radical (unpaired) electrons. The lowest BCUT2D eigenvalue weighted by atomic mass is 10.2. The van der Waals surface area contributed by atoms with Crippen LogP contribution in [-0.2, 0) is 7.05 Å². The third kappa shape index (κ3) is 2.73. The number of rotatable bonds is 5. The van der Waals surface area contributed by atoms with Gasteiger partial charge in [-0.05, 0) is 32.9 Å². The minimum Gasteiger partial charge on any atom is -0.497 e. The summed E-state index contributed by atoms with van der Waals surface area (Å²) in [6.45, 7) is 9.34. The Balaban J connectivity index is 2.21. The highest BCUT2D eigenvalue weighted by molar-refractivity contribution is 5.78. The van der Waals surface area contributed by atoms with Crippen molar-refractivity contribution in [3.05, 3.63) is 63.1 Å². The average molecular weight is 423 g/mol. The van der Waals surface area contributed by atoms with Gasteiger partial charge in [0.25, 0.3) is 5.56 Å². The Morgan fingerprint density at radius 3 is 2.45 bits per heavy atom. The topological polar surface area (TPSA) is 84.7 Å². The van der Waals surface area contributed by atoms with Gasteiger partial charge in [-0.25, -0.2) is 4.79 Å². The lowest BCUT2D eigenvalue weighted by Gasteiger charge is -2.13. The van der Waals surface area contributed by atoms with Crippen LogP contribution in [0.1, 0.15) is 24.4 Å². The summed E-state index contributed by atoms with van der Waals surface area (Å²) < 4.78 is 17.3. The predicted molar refractivity (Wildman–Crippen MR) is 119 cm³/mol. The Morgan fingerprint density at radius 2 is 1.84 bits per heavy atom. The Kier molecular flexibility index (Phi) is 4.76. The summed E-state index contributed by atoms with van der Waals surface area (Å²) in [4.78, 5) is 31.0. The molecule has 0 spiro atoms. The van der Waals surface area contributed by atoms with Gasteiger partial charge in [0.1, 0.15) is 11.5 Å². The van der Waals surface area contributed by atoms with E-state index in [1.165, 1.54) is 9.13 Å². The van der Waals surface area contributed by atoms with Gasteiger partial charge in [-0.2, -0.15) is 4.98 Å². The number of nitrogens with zero attached hydrogens (tertiary/aromatic N) is 5. The third-order valence-corrected chi connectivity index (χ3v) is 5.84. The van der Waals surface area contributed by atoms with Crippen LogP contribution in [0.25, 0.3) is 22.6 Å². The minimum atomic E-state index is -0.455. The fourth-order valence-corrected chi connectivity index (χ4v) is 3.94. The van der Waals surface area contributed by atoms with Crippen molar-refractivity contribution in [3.63, 3.8) is 0 Å². The van der Waals surface area contributed by atoms with Crippen LogP contribution in [0.2, 0.25) is 0 Å². The SMILES string of the molecule is C=C[C@H](C)n1c(=O)c2c(nc3n(-c4cc(OC)ccc4OC)c(C)c(C)n23)n(C)c1=O. The van der Waals surface area contributed by atoms with Gasteiger partial charge in [0, 0.05) is 24.5 Å². The Hall–Kier alpha value is -3.75. The number of ether oxygens (including phenoxy) is 2. The summed E-state index contributed by atoms with van der Waals surface area (Å²) in [5, 5.41) is 0. The summed E-state index contributed by atoms with van der Waals surface area (Å²) in [6, 6.07) is 5.02. The molecule has 162 valence electrons. The van der Waals surface area contributed by atoms with E-state index in [0.717, 1.165) is 17.1 Å². The average Bonchev–Trinajstić information content (AvgIpc) is 3.27. The molecule has 0 saturated heterocycles. The van der Waals surface area contributed by atoms with Crippen molar-refractivity contribution >= 4 is 16.9 Å². The molecule has 3 heterocycles. The quantitative estimate of drug-likeness (QED) is 0.461. The molecular formula is C22H25N5O4. The van der Waals surface area contributed by atoms with Crippen LogP contribution in [0.3, 0.4) is 0 Å². The highest BCUT2D eigenvalue weighted by Crippen LogP contribution is 2.32. The standard InChI is InChI=1S/C22H25N5O4/c1-8-12(2)25-20(28)18-19(24(5)22(25)29)23-21-26(13(3)14(4)27(18)21)16-11-15(30-6)9-10-17(16)31-7/h8-12H,1H2,2-7H3/t12-/m0/s1. The summed E-state index contributed by atoms with van der Waals surface area (Å²) in [5.74, 6) is 1.79. The maximum atomic E-state index is 13.4. The molecule has 0 fully saturated rings. The molecule has 1 atom stereocenters. The van der Waals surface area contributed by atoms with Crippen LogP contribution < -0.4 is 20.7 Å². The van der Waals surface area contributed by atoms with E-state index in [-0.39, 0.29) is 0 Å². The van der Waals surface area contributed by atoms with E-state index >= 15 is 0 Å². The van der Waals surface area contributed by atoms with Gasteiger partial charge in [0.15, 0.2) is 11.2 Å². The van der Waals surface area contributed by atoms with Gasteiger partial charge in [-0.3, -0.25) is 22.9 Å². The first-order valence-electron chi connectivity index (χ1n) is 9.83. The zero-order valence-electron chi connectivity index (χ0n) is 18.5. The van der Waals surface area contributed by atoms with Gasteiger partial charge in [-0.15, -0.1) is 6.58 Å². The Labute approximate surface area is 178 Å². The molecule has 0 aliphatic rings.